The first-order chi connectivity index (χ1) is 9.70. The Balaban J connectivity index is 2.05. The molecule has 0 aliphatic carbocycles. The maximum Gasteiger partial charge on any atom is 0.254 e. The summed E-state index contributed by atoms with van der Waals surface area (Å²) in [6.45, 7) is 1.41. The Morgan fingerprint density at radius 2 is 2.40 bits per heavy atom. The van der Waals surface area contributed by atoms with Gasteiger partial charge in [0.25, 0.3) is 5.91 Å². The summed E-state index contributed by atoms with van der Waals surface area (Å²) in [6.07, 6.45) is 1.76. The van der Waals surface area contributed by atoms with E-state index in [0.29, 0.717) is 12.2 Å². The van der Waals surface area contributed by atoms with Crippen molar-refractivity contribution in [3.05, 3.63) is 35.1 Å². The molecule has 1 atom stereocenters. The second-order valence-electron chi connectivity index (χ2n) is 4.59. The van der Waals surface area contributed by atoms with Gasteiger partial charge in [0.1, 0.15) is 5.82 Å². The standard InChI is InChI=1S/C15H17FN2O2/c16-14-9-11(3-1-7-17)5-6-13(14)15(19)18-12-4-2-8-20-10-12/h5-6,9,12H,2,4,7-8,10,17H2,(H,18,19). The van der Waals surface area contributed by atoms with Crippen molar-refractivity contribution in [1.82, 2.24) is 5.32 Å². The quantitative estimate of drug-likeness (QED) is 0.793. The van der Waals surface area contributed by atoms with Crippen LogP contribution in [0.25, 0.3) is 0 Å². The molecule has 0 saturated carbocycles. The van der Waals surface area contributed by atoms with Crippen molar-refractivity contribution in [3.8, 4) is 11.8 Å². The monoisotopic (exact) mass is 276 g/mol. The molecule has 4 nitrogen and oxygen atoms in total. The van der Waals surface area contributed by atoms with Crippen molar-refractivity contribution < 1.29 is 13.9 Å². The zero-order chi connectivity index (χ0) is 14.4. The van der Waals surface area contributed by atoms with Crippen molar-refractivity contribution >= 4 is 5.91 Å². The molecule has 1 aliphatic heterocycles. The lowest BCUT2D eigenvalue weighted by Crippen LogP contribution is -2.40. The van der Waals surface area contributed by atoms with Gasteiger partial charge in [-0.05, 0) is 31.0 Å². The summed E-state index contributed by atoms with van der Waals surface area (Å²) in [5.74, 6) is 4.37. The molecule has 0 aromatic heterocycles. The van der Waals surface area contributed by atoms with E-state index in [4.69, 9.17) is 10.5 Å². The van der Waals surface area contributed by atoms with Crippen LogP contribution < -0.4 is 11.1 Å². The molecule has 0 spiro atoms. The Kier molecular flexibility index (Phi) is 5.10. The summed E-state index contributed by atoms with van der Waals surface area (Å²) in [4.78, 5) is 12.0. The maximum absolute atomic E-state index is 13.9. The molecular weight excluding hydrogens is 259 g/mol. The van der Waals surface area contributed by atoms with Crippen LogP contribution in [0.15, 0.2) is 18.2 Å². The third kappa shape index (κ3) is 3.80. The molecule has 0 radical (unpaired) electrons. The molecule has 1 aromatic carbocycles. The number of carbonyl (C=O) groups is 1. The van der Waals surface area contributed by atoms with Crippen molar-refractivity contribution in [2.75, 3.05) is 19.8 Å². The number of ether oxygens (including phenoxy) is 1. The van der Waals surface area contributed by atoms with Crippen LogP contribution in [-0.2, 0) is 4.74 Å². The van der Waals surface area contributed by atoms with Crippen LogP contribution in [0.2, 0.25) is 0 Å². The van der Waals surface area contributed by atoms with Gasteiger partial charge in [0.2, 0.25) is 0 Å². The Morgan fingerprint density at radius 3 is 3.05 bits per heavy atom. The van der Waals surface area contributed by atoms with Crippen molar-refractivity contribution in [1.29, 1.82) is 0 Å². The molecule has 1 aliphatic rings. The third-order valence-electron chi connectivity index (χ3n) is 3.04. The molecule has 1 heterocycles. The second-order valence-corrected chi connectivity index (χ2v) is 4.59. The second kappa shape index (κ2) is 7.04. The van der Waals surface area contributed by atoms with E-state index < -0.39 is 11.7 Å². The summed E-state index contributed by atoms with van der Waals surface area (Å²) in [5.41, 5.74) is 5.78. The largest absolute Gasteiger partial charge is 0.379 e. The van der Waals surface area contributed by atoms with E-state index in [-0.39, 0.29) is 18.2 Å². The van der Waals surface area contributed by atoms with E-state index in [1.165, 1.54) is 12.1 Å². The van der Waals surface area contributed by atoms with Gasteiger partial charge in [-0.1, -0.05) is 11.8 Å². The highest BCUT2D eigenvalue weighted by Crippen LogP contribution is 2.12. The van der Waals surface area contributed by atoms with Gasteiger partial charge in [0.15, 0.2) is 0 Å². The highest BCUT2D eigenvalue weighted by Gasteiger charge is 2.19. The highest BCUT2D eigenvalue weighted by atomic mass is 19.1. The minimum absolute atomic E-state index is 0.0221. The fraction of sp³-hybridized carbons (Fsp3) is 0.400. The van der Waals surface area contributed by atoms with E-state index >= 15 is 0 Å². The number of benzene rings is 1. The van der Waals surface area contributed by atoms with Crippen LogP contribution in [0.1, 0.15) is 28.8 Å². The summed E-state index contributed by atoms with van der Waals surface area (Å²) >= 11 is 0. The fourth-order valence-corrected chi connectivity index (χ4v) is 2.05. The van der Waals surface area contributed by atoms with Crippen molar-refractivity contribution in [2.45, 2.75) is 18.9 Å². The van der Waals surface area contributed by atoms with E-state index in [9.17, 15) is 9.18 Å². The topological polar surface area (TPSA) is 64.4 Å². The molecule has 1 aromatic rings. The number of amides is 1. The number of carbonyl (C=O) groups excluding carboxylic acids is 1. The molecule has 1 saturated heterocycles. The Hall–Kier alpha value is -1.90. The molecule has 5 heteroatoms. The molecule has 106 valence electrons. The van der Waals surface area contributed by atoms with E-state index in [0.717, 1.165) is 19.4 Å². The average molecular weight is 276 g/mol. The fourth-order valence-electron chi connectivity index (χ4n) is 2.05. The lowest BCUT2D eigenvalue weighted by Gasteiger charge is -2.23. The van der Waals surface area contributed by atoms with Crippen LogP contribution in [0.5, 0.6) is 0 Å². The van der Waals surface area contributed by atoms with Gasteiger partial charge in [0, 0.05) is 12.2 Å². The summed E-state index contributed by atoms with van der Waals surface area (Å²) in [6, 6.07) is 4.24. The number of nitrogens with one attached hydrogen (secondary N) is 1. The zero-order valence-electron chi connectivity index (χ0n) is 11.1. The van der Waals surface area contributed by atoms with Gasteiger partial charge in [-0.2, -0.15) is 0 Å². The van der Waals surface area contributed by atoms with Gasteiger partial charge in [-0.15, -0.1) is 0 Å². The summed E-state index contributed by atoms with van der Waals surface area (Å²) in [7, 11) is 0. The SMILES string of the molecule is NCC#Cc1ccc(C(=O)NC2CCCOC2)c(F)c1. The van der Waals surface area contributed by atoms with Gasteiger partial charge < -0.3 is 15.8 Å². The average Bonchev–Trinajstić information content (AvgIpc) is 2.46. The first-order valence-electron chi connectivity index (χ1n) is 6.58. The van der Waals surface area contributed by atoms with Crippen LogP contribution in [0.4, 0.5) is 4.39 Å². The minimum atomic E-state index is -0.581. The zero-order valence-corrected chi connectivity index (χ0v) is 11.1. The minimum Gasteiger partial charge on any atom is -0.379 e. The summed E-state index contributed by atoms with van der Waals surface area (Å²) in [5, 5.41) is 2.78. The molecule has 20 heavy (non-hydrogen) atoms. The molecule has 1 amide bonds. The van der Waals surface area contributed by atoms with Crippen molar-refractivity contribution in [2.24, 2.45) is 5.73 Å². The molecule has 2 rings (SSSR count). The summed E-state index contributed by atoms with van der Waals surface area (Å²) < 4.78 is 19.2. The number of hydrogen-bond acceptors (Lipinski definition) is 3. The number of halogens is 1. The van der Waals surface area contributed by atoms with Gasteiger partial charge in [0.05, 0.1) is 24.8 Å². The van der Waals surface area contributed by atoms with Crippen molar-refractivity contribution in [3.63, 3.8) is 0 Å². The number of hydrogen-bond donors (Lipinski definition) is 2. The normalized spacial score (nSPS) is 18.0. The van der Waals surface area contributed by atoms with E-state index in [2.05, 4.69) is 17.2 Å². The molecule has 1 fully saturated rings. The number of rotatable bonds is 2. The Bertz CT molecular complexity index is 543. The third-order valence-corrected chi connectivity index (χ3v) is 3.04. The lowest BCUT2D eigenvalue weighted by atomic mass is 10.1. The van der Waals surface area contributed by atoms with E-state index in [1.807, 2.05) is 0 Å². The van der Waals surface area contributed by atoms with Gasteiger partial charge >= 0.3 is 0 Å². The molecule has 1 unspecified atom stereocenters. The van der Waals surface area contributed by atoms with E-state index in [1.54, 1.807) is 6.07 Å². The van der Waals surface area contributed by atoms with Gasteiger partial charge in [-0.3, -0.25) is 4.79 Å². The predicted molar refractivity (Wildman–Crippen MR) is 73.6 cm³/mol. The van der Waals surface area contributed by atoms with Crippen LogP contribution in [0, 0.1) is 17.7 Å². The lowest BCUT2D eigenvalue weighted by molar-refractivity contribution is 0.0622. The van der Waals surface area contributed by atoms with Gasteiger partial charge in [-0.25, -0.2) is 4.39 Å². The molecular formula is C15H17FN2O2. The predicted octanol–water partition coefficient (Wildman–Crippen LogP) is 1.04. The Morgan fingerprint density at radius 1 is 1.55 bits per heavy atom. The van der Waals surface area contributed by atoms with Crippen LogP contribution in [0.3, 0.4) is 0 Å². The number of nitrogens with two attached hydrogens (primary N) is 1. The first-order valence-corrected chi connectivity index (χ1v) is 6.58. The maximum atomic E-state index is 13.9. The van der Waals surface area contributed by atoms with Crippen LogP contribution >= 0.6 is 0 Å². The molecule has 3 N–H and O–H groups in total. The molecule has 0 bridgehead atoms. The first kappa shape index (κ1) is 14.5. The smallest absolute Gasteiger partial charge is 0.254 e. The van der Waals surface area contributed by atoms with Crippen LogP contribution in [-0.4, -0.2) is 31.7 Å². The highest BCUT2D eigenvalue weighted by molar-refractivity contribution is 5.94. The Labute approximate surface area is 117 Å².